The van der Waals surface area contributed by atoms with Gasteiger partial charge in [0.15, 0.2) is 0 Å². The van der Waals surface area contributed by atoms with E-state index in [4.69, 9.17) is 4.74 Å². The van der Waals surface area contributed by atoms with Crippen LogP contribution in [-0.2, 0) is 14.8 Å². The van der Waals surface area contributed by atoms with Gasteiger partial charge in [0.25, 0.3) is 10.0 Å². The van der Waals surface area contributed by atoms with Crippen molar-refractivity contribution < 1.29 is 17.9 Å². The molecule has 0 heterocycles. The van der Waals surface area contributed by atoms with Gasteiger partial charge in [0.1, 0.15) is 18.9 Å². The summed E-state index contributed by atoms with van der Waals surface area (Å²) >= 11 is 0. The number of hydrogen-bond acceptors (Lipinski definition) is 4. The van der Waals surface area contributed by atoms with Gasteiger partial charge in [-0.25, -0.2) is 8.42 Å². The molecule has 0 radical (unpaired) electrons. The highest BCUT2D eigenvalue weighted by atomic mass is 32.2. The van der Waals surface area contributed by atoms with Crippen LogP contribution < -0.4 is 14.4 Å². The Kier molecular flexibility index (Phi) is 7.53. The van der Waals surface area contributed by atoms with E-state index < -0.39 is 15.9 Å². The highest BCUT2D eigenvalue weighted by Gasteiger charge is 2.27. The fourth-order valence-electron chi connectivity index (χ4n) is 3.24. The average molecular weight is 453 g/mol. The molecule has 168 valence electrons. The minimum absolute atomic E-state index is 0.132. The lowest BCUT2D eigenvalue weighted by Crippen LogP contribution is -2.42. The fourth-order valence-corrected chi connectivity index (χ4v) is 4.67. The molecule has 0 aliphatic carbocycles. The highest BCUT2D eigenvalue weighted by Crippen LogP contribution is 2.24. The van der Waals surface area contributed by atoms with Crippen LogP contribution in [0.1, 0.15) is 16.7 Å². The van der Waals surface area contributed by atoms with E-state index in [2.05, 4.69) is 5.32 Å². The lowest BCUT2D eigenvalue weighted by atomic mass is 10.1. The first-order valence-corrected chi connectivity index (χ1v) is 11.8. The number of sulfonamides is 1. The predicted molar refractivity (Wildman–Crippen MR) is 127 cm³/mol. The zero-order valence-electron chi connectivity index (χ0n) is 18.5. The van der Waals surface area contributed by atoms with Gasteiger partial charge in [0.05, 0.1) is 17.1 Å². The maximum atomic E-state index is 13.3. The van der Waals surface area contributed by atoms with Crippen LogP contribution in [0.4, 0.5) is 5.69 Å². The van der Waals surface area contributed by atoms with Crippen molar-refractivity contribution in [2.24, 2.45) is 0 Å². The molecule has 0 bridgehead atoms. The van der Waals surface area contributed by atoms with E-state index in [0.717, 1.165) is 26.7 Å². The summed E-state index contributed by atoms with van der Waals surface area (Å²) in [5.41, 5.74) is 3.53. The number of carbonyl (C=O) groups excluding carboxylic acids is 1. The van der Waals surface area contributed by atoms with Gasteiger partial charge >= 0.3 is 0 Å². The SMILES string of the molecule is Cc1cccc(N(CC(=O)NCCOc2cccc(C)c2C)S(=O)(=O)c2ccccc2)c1. The third-order valence-corrected chi connectivity index (χ3v) is 6.93. The second-order valence-electron chi connectivity index (χ2n) is 7.56. The number of nitrogens with one attached hydrogen (secondary N) is 1. The minimum Gasteiger partial charge on any atom is -0.491 e. The smallest absolute Gasteiger partial charge is 0.264 e. The summed E-state index contributed by atoms with van der Waals surface area (Å²) in [7, 11) is -3.91. The molecule has 0 aliphatic heterocycles. The number of ether oxygens (including phenoxy) is 1. The summed E-state index contributed by atoms with van der Waals surface area (Å²) < 4.78 is 33.5. The summed E-state index contributed by atoms with van der Waals surface area (Å²) in [5, 5.41) is 2.76. The quantitative estimate of drug-likeness (QED) is 0.498. The Bertz CT molecular complexity index is 1180. The summed E-state index contributed by atoms with van der Waals surface area (Å²) in [6.07, 6.45) is 0. The molecule has 0 atom stereocenters. The third-order valence-electron chi connectivity index (χ3n) is 5.14. The van der Waals surface area contributed by atoms with E-state index in [1.165, 1.54) is 12.1 Å². The van der Waals surface area contributed by atoms with E-state index in [1.807, 2.05) is 45.0 Å². The Morgan fingerprint density at radius 1 is 0.938 bits per heavy atom. The van der Waals surface area contributed by atoms with Crippen molar-refractivity contribution in [1.29, 1.82) is 0 Å². The maximum absolute atomic E-state index is 13.3. The van der Waals surface area contributed by atoms with Gasteiger partial charge in [-0.05, 0) is 67.8 Å². The van der Waals surface area contributed by atoms with E-state index >= 15 is 0 Å². The molecule has 6 nitrogen and oxygen atoms in total. The number of carbonyl (C=O) groups is 1. The second kappa shape index (κ2) is 10.3. The maximum Gasteiger partial charge on any atom is 0.264 e. The first-order chi connectivity index (χ1) is 15.3. The highest BCUT2D eigenvalue weighted by molar-refractivity contribution is 7.92. The van der Waals surface area contributed by atoms with Crippen LogP contribution in [-0.4, -0.2) is 34.0 Å². The Morgan fingerprint density at radius 2 is 1.66 bits per heavy atom. The van der Waals surface area contributed by atoms with Crippen molar-refractivity contribution in [2.75, 3.05) is 24.0 Å². The average Bonchev–Trinajstić information content (AvgIpc) is 2.78. The van der Waals surface area contributed by atoms with Crippen molar-refractivity contribution in [3.05, 3.63) is 89.5 Å². The molecule has 3 aromatic rings. The van der Waals surface area contributed by atoms with Crippen LogP contribution in [0, 0.1) is 20.8 Å². The Labute approximate surface area is 189 Å². The van der Waals surface area contributed by atoms with Crippen molar-refractivity contribution in [2.45, 2.75) is 25.7 Å². The number of hydrogen-bond donors (Lipinski definition) is 1. The van der Waals surface area contributed by atoms with E-state index in [0.29, 0.717) is 5.69 Å². The lowest BCUT2D eigenvalue weighted by molar-refractivity contribution is -0.119. The molecule has 0 saturated heterocycles. The van der Waals surface area contributed by atoms with Gasteiger partial charge in [-0.1, -0.05) is 42.5 Å². The van der Waals surface area contributed by atoms with Crippen LogP contribution in [0.25, 0.3) is 0 Å². The molecule has 7 heteroatoms. The molecule has 3 rings (SSSR count). The molecule has 0 saturated carbocycles. The molecule has 32 heavy (non-hydrogen) atoms. The summed E-state index contributed by atoms with van der Waals surface area (Å²) in [6.45, 7) is 6.09. The molecule has 0 aliphatic rings. The minimum atomic E-state index is -3.91. The zero-order chi connectivity index (χ0) is 23.1. The van der Waals surface area contributed by atoms with Crippen LogP contribution in [0.5, 0.6) is 5.75 Å². The first-order valence-electron chi connectivity index (χ1n) is 10.4. The van der Waals surface area contributed by atoms with Gasteiger partial charge in [-0.3, -0.25) is 9.10 Å². The van der Waals surface area contributed by atoms with Crippen LogP contribution in [0.3, 0.4) is 0 Å². The standard InChI is InChI=1S/C25H28N2O4S/c1-19-9-7-11-22(17-19)27(32(29,30)23-12-5-4-6-13-23)18-25(28)26-15-16-31-24-14-8-10-20(2)21(24)3/h4-14,17H,15-16,18H2,1-3H3,(H,26,28). The largest absolute Gasteiger partial charge is 0.491 e. The van der Waals surface area contributed by atoms with E-state index in [-0.39, 0.29) is 24.6 Å². The van der Waals surface area contributed by atoms with E-state index in [1.54, 1.807) is 36.4 Å². The summed E-state index contributed by atoms with van der Waals surface area (Å²) in [4.78, 5) is 12.8. The first kappa shape index (κ1) is 23.3. The van der Waals surface area contributed by atoms with Crippen molar-refractivity contribution in [3.8, 4) is 5.75 Å². The molecule has 0 aromatic heterocycles. The molecular formula is C25H28N2O4S. The van der Waals surface area contributed by atoms with Gasteiger partial charge < -0.3 is 10.1 Å². The normalized spacial score (nSPS) is 11.1. The topological polar surface area (TPSA) is 75.7 Å². The number of aryl methyl sites for hydroxylation is 2. The van der Waals surface area contributed by atoms with Crippen molar-refractivity contribution >= 4 is 21.6 Å². The van der Waals surface area contributed by atoms with Crippen LogP contribution >= 0.6 is 0 Å². The monoisotopic (exact) mass is 452 g/mol. The number of rotatable bonds is 9. The van der Waals surface area contributed by atoms with Crippen LogP contribution in [0.15, 0.2) is 77.7 Å². The molecule has 0 fully saturated rings. The lowest BCUT2D eigenvalue weighted by Gasteiger charge is -2.24. The number of benzene rings is 3. The second-order valence-corrected chi connectivity index (χ2v) is 9.42. The van der Waals surface area contributed by atoms with Gasteiger partial charge in [-0.15, -0.1) is 0 Å². The molecule has 3 aromatic carbocycles. The predicted octanol–water partition coefficient (Wildman–Crippen LogP) is 4.00. The van der Waals surface area contributed by atoms with Gasteiger partial charge in [0.2, 0.25) is 5.91 Å². The molecular weight excluding hydrogens is 424 g/mol. The van der Waals surface area contributed by atoms with Crippen molar-refractivity contribution in [3.63, 3.8) is 0 Å². The molecule has 0 spiro atoms. The molecule has 0 unspecified atom stereocenters. The Morgan fingerprint density at radius 3 is 2.38 bits per heavy atom. The third kappa shape index (κ3) is 5.68. The number of anilines is 1. The zero-order valence-corrected chi connectivity index (χ0v) is 19.4. The van der Waals surface area contributed by atoms with Crippen LogP contribution in [0.2, 0.25) is 0 Å². The Hall–Kier alpha value is -3.32. The fraction of sp³-hybridized carbons (Fsp3) is 0.240. The van der Waals surface area contributed by atoms with Gasteiger partial charge in [0, 0.05) is 0 Å². The summed E-state index contributed by atoms with van der Waals surface area (Å²) in [6, 6.07) is 21.0. The van der Waals surface area contributed by atoms with Crippen molar-refractivity contribution in [1.82, 2.24) is 5.32 Å². The Balaban J connectivity index is 1.69. The molecule has 1 amide bonds. The number of nitrogens with zero attached hydrogens (tertiary/aromatic N) is 1. The number of amides is 1. The summed E-state index contributed by atoms with van der Waals surface area (Å²) in [5.74, 6) is 0.364. The van der Waals surface area contributed by atoms with E-state index in [9.17, 15) is 13.2 Å². The van der Waals surface area contributed by atoms with Gasteiger partial charge in [-0.2, -0.15) is 0 Å². The molecule has 1 N–H and O–H groups in total.